The van der Waals surface area contributed by atoms with Crippen molar-refractivity contribution in [1.29, 1.82) is 0 Å². The molecule has 0 saturated carbocycles. The Balaban J connectivity index is 1.52. The Labute approximate surface area is 166 Å². The van der Waals surface area contributed by atoms with Crippen molar-refractivity contribution in [3.8, 4) is 0 Å². The maximum atomic E-state index is 12.6. The third kappa shape index (κ3) is 3.97. The van der Waals surface area contributed by atoms with E-state index in [0.717, 1.165) is 26.1 Å². The van der Waals surface area contributed by atoms with Crippen LogP contribution >= 0.6 is 11.6 Å². The van der Waals surface area contributed by atoms with E-state index in [-0.39, 0.29) is 11.9 Å². The molecule has 2 aliphatic heterocycles. The molecule has 2 aliphatic rings. The lowest BCUT2D eigenvalue weighted by Gasteiger charge is -2.29. The number of likely N-dealkylation sites (N-methyl/N-ethyl adjacent to an activating group) is 1. The third-order valence-corrected chi connectivity index (χ3v) is 5.98. The van der Waals surface area contributed by atoms with Crippen molar-refractivity contribution < 1.29 is 4.79 Å². The Morgan fingerprint density at radius 3 is 2.74 bits per heavy atom. The molecule has 2 aromatic carbocycles. The number of anilines is 1. The van der Waals surface area contributed by atoms with Crippen molar-refractivity contribution in [3.63, 3.8) is 0 Å². The summed E-state index contributed by atoms with van der Waals surface area (Å²) < 4.78 is 0. The standard InChI is InChI=1S/C22H26ClN3O/c1-25-12-9-17-13-16(7-8-20(17)25)21(26-10-2-3-11-26)15-24-22(27)18-5-4-6-19(23)14-18/h4-8,13-14,21H,2-3,9-12,15H2,1H3,(H,24,27)/t21-/m1/s1. The molecule has 1 atom stereocenters. The van der Waals surface area contributed by atoms with Gasteiger partial charge in [0.1, 0.15) is 0 Å². The molecule has 1 fully saturated rings. The van der Waals surface area contributed by atoms with Crippen LogP contribution in [0.5, 0.6) is 0 Å². The van der Waals surface area contributed by atoms with Gasteiger partial charge in [-0.2, -0.15) is 0 Å². The lowest BCUT2D eigenvalue weighted by atomic mass is 10.0. The van der Waals surface area contributed by atoms with E-state index >= 15 is 0 Å². The van der Waals surface area contributed by atoms with Crippen LogP contribution in [0.15, 0.2) is 42.5 Å². The van der Waals surface area contributed by atoms with Gasteiger partial charge in [0, 0.05) is 36.4 Å². The number of likely N-dealkylation sites (tertiary alicyclic amines) is 1. The molecule has 142 valence electrons. The predicted octanol–water partition coefficient (Wildman–Crippen LogP) is 3.90. The molecule has 1 N–H and O–H groups in total. The van der Waals surface area contributed by atoms with Gasteiger partial charge >= 0.3 is 0 Å². The first kappa shape index (κ1) is 18.3. The largest absolute Gasteiger partial charge is 0.374 e. The molecule has 27 heavy (non-hydrogen) atoms. The van der Waals surface area contributed by atoms with Crippen molar-refractivity contribution in [3.05, 3.63) is 64.2 Å². The van der Waals surface area contributed by atoms with Crippen molar-refractivity contribution >= 4 is 23.2 Å². The van der Waals surface area contributed by atoms with Crippen molar-refractivity contribution in [2.45, 2.75) is 25.3 Å². The van der Waals surface area contributed by atoms with Gasteiger partial charge < -0.3 is 10.2 Å². The summed E-state index contributed by atoms with van der Waals surface area (Å²) in [4.78, 5) is 17.4. The number of carbonyl (C=O) groups excluding carboxylic acids is 1. The van der Waals surface area contributed by atoms with Gasteiger partial charge in [-0.1, -0.05) is 29.8 Å². The molecule has 5 heteroatoms. The first-order valence-electron chi connectivity index (χ1n) is 9.73. The topological polar surface area (TPSA) is 35.6 Å². The quantitative estimate of drug-likeness (QED) is 0.850. The summed E-state index contributed by atoms with van der Waals surface area (Å²) in [5, 5.41) is 3.71. The van der Waals surface area contributed by atoms with E-state index in [0.29, 0.717) is 17.1 Å². The summed E-state index contributed by atoms with van der Waals surface area (Å²) in [6.07, 6.45) is 3.56. The molecule has 2 heterocycles. The van der Waals surface area contributed by atoms with Gasteiger partial charge in [0.15, 0.2) is 0 Å². The summed E-state index contributed by atoms with van der Waals surface area (Å²) >= 11 is 6.02. The Bertz CT molecular complexity index is 832. The molecule has 1 amide bonds. The number of hydrogen-bond acceptors (Lipinski definition) is 3. The Hall–Kier alpha value is -2.04. The average molecular weight is 384 g/mol. The lowest BCUT2D eigenvalue weighted by Crippen LogP contribution is -2.36. The number of benzene rings is 2. The highest BCUT2D eigenvalue weighted by Gasteiger charge is 2.26. The van der Waals surface area contributed by atoms with E-state index in [9.17, 15) is 4.79 Å². The highest BCUT2D eigenvalue weighted by atomic mass is 35.5. The molecule has 2 aromatic rings. The average Bonchev–Trinajstić information content (AvgIpc) is 3.32. The number of fused-ring (bicyclic) bond motifs is 1. The van der Waals surface area contributed by atoms with Crippen LogP contribution in [0.25, 0.3) is 0 Å². The number of rotatable bonds is 5. The molecule has 0 unspecified atom stereocenters. The Kier molecular flexibility index (Phi) is 5.37. The number of halogens is 1. The molecule has 4 nitrogen and oxygen atoms in total. The maximum Gasteiger partial charge on any atom is 0.251 e. The fourth-order valence-electron chi connectivity index (χ4n) is 4.23. The zero-order valence-electron chi connectivity index (χ0n) is 15.7. The zero-order chi connectivity index (χ0) is 18.8. The van der Waals surface area contributed by atoms with Gasteiger partial charge in [0.25, 0.3) is 5.91 Å². The number of nitrogens with one attached hydrogen (secondary N) is 1. The highest BCUT2D eigenvalue weighted by Crippen LogP contribution is 2.32. The Morgan fingerprint density at radius 2 is 1.96 bits per heavy atom. The summed E-state index contributed by atoms with van der Waals surface area (Å²) in [5.41, 5.74) is 4.66. The summed E-state index contributed by atoms with van der Waals surface area (Å²) in [6.45, 7) is 3.88. The van der Waals surface area contributed by atoms with E-state index in [4.69, 9.17) is 11.6 Å². The molecule has 0 spiro atoms. The highest BCUT2D eigenvalue weighted by molar-refractivity contribution is 6.30. The molecule has 1 saturated heterocycles. The molecule has 0 aliphatic carbocycles. The third-order valence-electron chi connectivity index (χ3n) is 5.74. The predicted molar refractivity (Wildman–Crippen MR) is 111 cm³/mol. The minimum atomic E-state index is -0.0670. The lowest BCUT2D eigenvalue weighted by molar-refractivity contribution is 0.0938. The first-order chi connectivity index (χ1) is 13.1. The summed E-state index contributed by atoms with van der Waals surface area (Å²) in [7, 11) is 2.15. The fourth-order valence-corrected chi connectivity index (χ4v) is 4.42. The van der Waals surface area contributed by atoms with Crippen LogP contribution < -0.4 is 10.2 Å². The monoisotopic (exact) mass is 383 g/mol. The summed E-state index contributed by atoms with van der Waals surface area (Å²) in [6, 6.07) is 14.1. The van der Waals surface area contributed by atoms with Crippen molar-refractivity contribution in [2.75, 3.05) is 38.1 Å². The van der Waals surface area contributed by atoms with Crippen LogP contribution in [0.4, 0.5) is 5.69 Å². The smallest absolute Gasteiger partial charge is 0.251 e. The van der Waals surface area contributed by atoms with Gasteiger partial charge in [-0.15, -0.1) is 0 Å². The number of hydrogen-bond donors (Lipinski definition) is 1. The minimum absolute atomic E-state index is 0.0670. The van der Waals surface area contributed by atoms with Crippen LogP contribution in [0, 0.1) is 0 Å². The summed E-state index contributed by atoms with van der Waals surface area (Å²) in [5.74, 6) is -0.0670. The van der Waals surface area contributed by atoms with Gasteiger partial charge in [-0.05, 0) is 67.7 Å². The SMILES string of the molecule is CN1CCc2cc([C@@H](CNC(=O)c3cccc(Cl)c3)N3CCCC3)ccc21. The van der Waals surface area contributed by atoms with Gasteiger partial charge in [0.05, 0.1) is 6.04 Å². The van der Waals surface area contributed by atoms with E-state index < -0.39 is 0 Å². The van der Waals surface area contributed by atoms with Crippen molar-refractivity contribution in [1.82, 2.24) is 10.2 Å². The zero-order valence-corrected chi connectivity index (χ0v) is 16.5. The van der Waals surface area contributed by atoms with Crippen LogP contribution in [0.2, 0.25) is 5.02 Å². The number of amides is 1. The molecular formula is C22H26ClN3O. The first-order valence-corrected chi connectivity index (χ1v) is 10.1. The molecule has 0 bridgehead atoms. The molecular weight excluding hydrogens is 358 g/mol. The second-order valence-electron chi connectivity index (χ2n) is 7.54. The van der Waals surface area contributed by atoms with Gasteiger partial charge in [0.2, 0.25) is 0 Å². The second-order valence-corrected chi connectivity index (χ2v) is 7.98. The van der Waals surface area contributed by atoms with Crippen molar-refractivity contribution in [2.24, 2.45) is 0 Å². The van der Waals surface area contributed by atoms with Gasteiger partial charge in [-0.3, -0.25) is 9.69 Å². The molecule has 0 radical (unpaired) electrons. The van der Waals surface area contributed by atoms with Gasteiger partial charge in [-0.25, -0.2) is 0 Å². The molecule has 0 aromatic heterocycles. The van der Waals surface area contributed by atoms with Crippen LogP contribution in [0.1, 0.15) is 40.4 Å². The van der Waals surface area contributed by atoms with E-state index in [2.05, 4.69) is 40.4 Å². The van der Waals surface area contributed by atoms with Crippen LogP contribution in [0.3, 0.4) is 0 Å². The normalized spacial score (nSPS) is 17.8. The molecule has 4 rings (SSSR count). The number of nitrogens with zero attached hydrogens (tertiary/aromatic N) is 2. The van der Waals surface area contributed by atoms with E-state index in [1.165, 1.54) is 29.7 Å². The second kappa shape index (κ2) is 7.91. The Morgan fingerprint density at radius 1 is 1.15 bits per heavy atom. The van der Waals surface area contributed by atoms with Crippen LogP contribution in [-0.4, -0.2) is 44.0 Å². The van der Waals surface area contributed by atoms with E-state index in [1.54, 1.807) is 18.2 Å². The minimum Gasteiger partial charge on any atom is -0.374 e. The number of carbonyl (C=O) groups is 1. The maximum absolute atomic E-state index is 12.6. The fraction of sp³-hybridized carbons (Fsp3) is 0.409. The van der Waals surface area contributed by atoms with E-state index in [1.807, 2.05) is 6.07 Å². The van der Waals surface area contributed by atoms with Crippen LogP contribution in [-0.2, 0) is 6.42 Å².